The topological polar surface area (TPSA) is 74.2 Å². The van der Waals surface area contributed by atoms with Gasteiger partial charge in [-0.3, -0.25) is 0 Å². The molecule has 1 rings (SSSR count). The third-order valence-electron chi connectivity index (χ3n) is 2.39. The third kappa shape index (κ3) is 6.56. The molecular weight excluding hydrogens is 250 g/mol. The summed E-state index contributed by atoms with van der Waals surface area (Å²) in [7, 11) is 0. The first kappa shape index (κ1) is 14.9. The molecule has 6 heteroatoms. The number of carbonyl (C=O) groups is 1. The lowest BCUT2D eigenvalue weighted by Gasteiger charge is -2.06. The van der Waals surface area contributed by atoms with Crippen LogP contribution in [0.3, 0.4) is 0 Å². The highest BCUT2D eigenvalue weighted by Gasteiger charge is 2.00. The van der Waals surface area contributed by atoms with Crippen molar-refractivity contribution in [2.24, 2.45) is 0 Å². The third-order valence-corrected chi connectivity index (χ3v) is 3.42. The second-order valence-electron chi connectivity index (χ2n) is 4.10. The molecule has 0 atom stereocenters. The van der Waals surface area contributed by atoms with Crippen molar-refractivity contribution < 1.29 is 9.90 Å². The summed E-state index contributed by atoms with van der Waals surface area (Å²) >= 11 is 1.69. The van der Waals surface area contributed by atoms with Crippen molar-refractivity contribution in [3.05, 3.63) is 16.1 Å². The predicted molar refractivity (Wildman–Crippen MR) is 72.9 cm³/mol. The van der Waals surface area contributed by atoms with Crippen LogP contribution in [-0.4, -0.2) is 35.8 Å². The van der Waals surface area contributed by atoms with Gasteiger partial charge in [0.2, 0.25) is 0 Å². The molecule has 5 nitrogen and oxygen atoms in total. The number of unbranched alkanes of at least 4 members (excludes halogenated alkanes) is 1. The Bertz CT molecular complexity index is 355. The summed E-state index contributed by atoms with van der Waals surface area (Å²) in [4.78, 5) is 15.6. The van der Waals surface area contributed by atoms with E-state index in [0.717, 1.165) is 25.0 Å². The van der Waals surface area contributed by atoms with Crippen LogP contribution in [0.5, 0.6) is 0 Å². The monoisotopic (exact) mass is 271 g/mol. The minimum absolute atomic E-state index is 0.105. The van der Waals surface area contributed by atoms with Crippen LogP contribution < -0.4 is 10.6 Å². The van der Waals surface area contributed by atoms with Crippen LogP contribution >= 0.6 is 11.3 Å². The Morgan fingerprint density at radius 2 is 2.06 bits per heavy atom. The molecule has 0 radical (unpaired) electrons. The van der Waals surface area contributed by atoms with Gasteiger partial charge in [0.25, 0.3) is 0 Å². The highest BCUT2D eigenvalue weighted by atomic mass is 32.1. The smallest absolute Gasteiger partial charge is 0.314 e. The van der Waals surface area contributed by atoms with Crippen LogP contribution in [0.15, 0.2) is 5.38 Å². The number of nitrogens with one attached hydrogen (secondary N) is 2. The average molecular weight is 271 g/mol. The summed E-state index contributed by atoms with van der Waals surface area (Å²) in [5, 5.41) is 17.2. The van der Waals surface area contributed by atoms with Gasteiger partial charge >= 0.3 is 6.03 Å². The molecule has 3 N–H and O–H groups in total. The van der Waals surface area contributed by atoms with Gasteiger partial charge in [-0.2, -0.15) is 0 Å². The molecule has 0 aliphatic carbocycles. The summed E-state index contributed by atoms with van der Waals surface area (Å²) in [5.74, 6) is 0. The van der Waals surface area contributed by atoms with E-state index in [-0.39, 0.29) is 12.6 Å². The minimum Gasteiger partial charge on any atom is -0.396 e. The maximum absolute atomic E-state index is 11.2. The van der Waals surface area contributed by atoms with E-state index in [9.17, 15) is 4.79 Å². The Balaban J connectivity index is 1.96. The van der Waals surface area contributed by atoms with Gasteiger partial charge in [0.15, 0.2) is 0 Å². The van der Waals surface area contributed by atoms with Crippen LogP contribution in [0.4, 0.5) is 4.79 Å². The number of hydrogen-bond donors (Lipinski definition) is 3. The molecule has 0 saturated carbocycles. The van der Waals surface area contributed by atoms with E-state index in [4.69, 9.17) is 5.11 Å². The van der Waals surface area contributed by atoms with Crippen molar-refractivity contribution in [3.63, 3.8) is 0 Å². The van der Waals surface area contributed by atoms with Crippen molar-refractivity contribution in [2.75, 3.05) is 19.7 Å². The molecule has 1 aromatic rings. The highest BCUT2D eigenvalue weighted by Crippen LogP contribution is 2.11. The molecule has 1 aromatic heterocycles. The number of aryl methyl sites for hydroxylation is 2. The molecule has 102 valence electrons. The molecule has 0 aliphatic heterocycles. The zero-order valence-electron chi connectivity index (χ0n) is 10.7. The zero-order chi connectivity index (χ0) is 13.2. The fraction of sp³-hybridized carbons (Fsp3) is 0.667. The van der Waals surface area contributed by atoms with Gasteiger partial charge in [0.05, 0.1) is 5.01 Å². The van der Waals surface area contributed by atoms with Gasteiger partial charge in [-0.05, 0) is 32.6 Å². The van der Waals surface area contributed by atoms with Crippen LogP contribution in [0.25, 0.3) is 0 Å². The van der Waals surface area contributed by atoms with E-state index < -0.39 is 0 Å². The number of hydrogen-bond acceptors (Lipinski definition) is 4. The molecule has 0 bridgehead atoms. The summed E-state index contributed by atoms with van der Waals surface area (Å²) in [6, 6.07) is -0.159. The van der Waals surface area contributed by atoms with Gasteiger partial charge in [0.1, 0.15) is 0 Å². The summed E-state index contributed by atoms with van der Waals surface area (Å²) in [6.07, 6.45) is 3.55. The molecule has 0 aliphatic rings. The maximum atomic E-state index is 11.2. The number of amides is 2. The fourth-order valence-electron chi connectivity index (χ4n) is 1.46. The van der Waals surface area contributed by atoms with Crippen LogP contribution in [0, 0.1) is 6.92 Å². The number of carbonyl (C=O) groups excluding carboxylic acids is 1. The van der Waals surface area contributed by atoms with Gasteiger partial charge in [-0.25, -0.2) is 9.78 Å². The number of aromatic nitrogens is 1. The van der Waals surface area contributed by atoms with E-state index in [1.165, 1.54) is 5.01 Å². The molecular formula is C12H21N3O2S. The summed E-state index contributed by atoms with van der Waals surface area (Å²) in [6.45, 7) is 3.29. The van der Waals surface area contributed by atoms with E-state index in [0.29, 0.717) is 19.5 Å². The number of aliphatic hydroxyl groups excluding tert-OH is 1. The molecule has 0 saturated heterocycles. The maximum Gasteiger partial charge on any atom is 0.314 e. The number of nitrogens with zero attached hydrogens (tertiary/aromatic N) is 1. The highest BCUT2D eigenvalue weighted by molar-refractivity contribution is 7.09. The van der Waals surface area contributed by atoms with Crippen LogP contribution in [0.2, 0.25) is 0 Å². The minimum atomic E-state index is -0.159. The second kappa shape index (κ2) is 8.88. The van der Waals surface area contributed by atoms with Gasteiger partial charge in [-0.1, -0.05) is 0 Å². The van der Waals surface area contributed by atoms with Crippen LogP contribution in [-0.2, 0) is 6.42 Å². The van der Waals surface area contributed by atoms with E-state index in [2.05, 4.69) is 21.0 Å². The average Bonchev–Trinajstić information content (AvgIpc) is 2.75. The quantitative estimate of drug-likeness (QED) is 0.627. The Hall–Kier alpha value is -1.14. The van der Waals surface area contributed by atoms with E-state index in [1.54, 1.807) is 11.3 Å². The Labute approximate surface area is 112 Å². The number of rotatable bonds is 8. The lowest BCUT2D eigenvalue weighted by Crippen LogP contribution is -2.36. The van der Waals surface area contributed by atoms with Gasteiger partial charge in [0, 0.05) is 30.8 Å². The Kier molecular flexibility index (Phi) is 7.36. The Morgan fingerprint density at radius 1 is 1.33 bits per heavy atom. The molecule has 0 unspecified atom stereocenters. The molecule has 1 heterocycles. The summed E-state index contributed by atoms with van der Waals surface area (Å²) in [5.41, 5.74) is 1.08. The van der Waals surface area contributed by atoms with Crippen molar-refractivity contribution in [3.8, 4) is 0 Å². The molecule has 0 spiro atoms. The van der Waals surface area contributed by atoms with Crippen LogP contribution in [0.1, 0.15) is 30.0 Å². The molecule has 18 heavy (non-hydrogen) atoms. The van der Waals surface area contributed by atoms with E-state index >= 15 is 0 Å². The van der Waals surface area contributed by atoms with Crippen molar-refractivity contribution >= 4 is 17.4 Å². The number of thiazole rings is 1. The Morgan fingerprint density at radius 3 is 2.67 bits per heavy atom. The molecule has 0 aromatic carbocycles. The fourth-order valence-corrected chi connectivity index (χ4v) is 2.28. The predicted octanol–water partition coefficient (Wildman–Crippen LogP) is 1.46. The SMILES string of the molecule is Cc1csc(CCCCNC(=O)NCCCO)n1. The first-order chi connectivity index (χ1) is 8.72. The lowest BCUT2D eigenvalue weighted by molar-refractivity contribution is 0.238. The first-order valence-electron chi connectivity index (χ1n) is 6.26. The molecule has 2 amide bonds. The standard InChI is InChI=1S/C12H21N3O2S/c1-10-9-18-11(15-10)5-2-3-6-13-12(17)14-7-4-8-16/h9,16H,2-8H2,1H3,(H2,13,14,17). The van der Waals surface area contributed by atoms with E-state index in [1.807, 2.05) is 6.92 Å². The van der Waals surface area contributed by atoms with Crippen molar-refractivity contribution in [1.29, 1.82) is 0 Å². The van der Waals surface area contributed by atoms with Crippen molar-refractivity contribution in [2.45, 2.75) is 32.6 Å². The number of aliphatic hydroxyl groups is 1. The lowest BCUT2D eigenvalue weighted by atomic mass is 10.2. The largest absolute Gasteiger partial charge is 0.396 e. The second-order valence-corrected chi connectivity index (χ2v) is 5.04. The zero-order valence-corrected chi connectivity index (χ0v) is 11.6. The summed E-state index contributed by atoms with van der Waals surface area (Å²) < 4.78 is 0. The van der Waals surface area contributed by atoms with Gasteiger partial charge < -0.3 is 15.7 Å². The normalized spacial score (nSPS) is 10.3. The number of urea groups is 1. The first-order valence-corrected chi connectivity index (χ1v) is 7.14. The molecule has 0 fully saturated rings. The van der Waals surface area contributed by atoms with Gasteiger partial charge in [-0.15, -0.1) is 11.3 Å². The van der Waals surface area contributed by atoms with Crippen molar-refractivity contribution in [1.82, 2.24) is 15.6 Å².